The van der Waals surface area contributed by atoms with Crippen LogP contribution in [0.3, 0.4) is 0 Å². The number of carbonyl (C=O) groups excluding carboxylic acids is 1. The summed E-state index contributed by atoms with van der Waals surface area (Å²) >= 11 is 0. The molecular weight excluding hydrogens is 728 g/mol. The van der Waals surface area contributed by atoms with Crippen LogP contribution in [-0.2, 0) is 33.3 Å². The van der Waals surface area contributed by atoms with E-state index in [0.29, 0.717) is 24.7 Å². The molecule has 0 aromatic heterocycles. The van der Waals surface area contributed by atoms with Crippen molar-refractivity contribution in [2.45, 2.75) is 188 Å². The van der Waals surface area contributed by atoms with Gasteiger partial charge in [0, 0.05) is 5.92 Å². The summed E-state index contributed by atoms with van der Waals surface area (Å²) in [6, 6.07) is 0. The number of ether oxygens (including phenoxy) is 4. The van der Waals surface area contributed by atoms with Crippen molar-refractivity contribution in [1.82, 2.24) is 0 Å². The number of aliphatic hydroxyl groups is 5. The Balaban J connectivity index is 0.00000197. The van der Waals surface area contributed by atoms with Gasteiger partial charge in [0.15, 0.2) is 30.6 Å². The maximum atomic E-state index is 14.5. The zero-order chi connectivity index (χ0) is 40.6. The van der Waals surface area contributed by atoms with E-state index < -0.39 is 84.9 Å². The number of carboxylic acid groups (broad SMARTS) is 2. The van der Waals surface area contributed by atoms with Gasteiger partial charge in [-0.3, -0.25) is 4.79 Å². The van der Waals surface area contributed by atoms with Crippen molar-refractivity contribution in [2.24, 2.45) is 45.3 Å². The number of aliphatic hydroxyl groups excluding tert-OH is 5. The molecule has 4 saturated carbocycles. The van der Waals surface area contributed by atoms with Gasteiger partial charge in [0.2, 0.25) is 0 Å². The summed E-state index contributed by atoms with van der Waals surface area (Å²) in [4.78, 5) is 38.4. The molecule has 0 spiro atoms. The summed E-state index contributed by atoms with van der Waals surface area (Å²) in [5, 5.41) is 72.5. The Morgan fingerprint density at radius 1 is 0.679 bits per heavy atom. The Morgan fingerprint density at radius 3 is 1.89 bits per heavy atom. The summed E-state index contributed by atoms with van der Waals surface area (Å²) in [6.07, 6.45) is -7.82. The first kappa shape index (κ1) is 45.1. The molecule has 0 aromatic carbocycles. The van der Waals surface area contributed by atoms with E-state index in [1.54, 1.807) is 0 Å². The fourth-order valence-electron chi connectivity index (χ4n) is 12.8. The number of rotatable bonds is 6. The average Bonchev–Trinajstić information content (AvgIpc) is 3.12. The van der Waals surface area contributed by atoms with Crippen LogP contribution in [0, 0.1) is 45.3 Å². The molecule has 7 N–H and O–H groups in total. The van der Waals surface area contributed by atoms with E-state index in [0.717, 1.165) is 25.7 Å². The molecule has 0 bridgehead atoms. The lowest BCUT2D eigenvalue weighted by molar-refractivity contribution is -0.371. The molecule has 0 aromatic rings. The Hall–Kier alpha value is -2.01. The minimum atomic E-state index is -2.01. The smallest absolute Gasteiger partial charge is 0.335 e. The van der Waals surface area contributed by atoms with Crippen molar-refractivity contribution in [3.8, 4) is 0 Å². The second-order valence-corrected chi connectivity index (χ2v) is 18.7. The molecule has 0 amide bonds. The highest BCUT2D eigenvalue weighted by Gasteiger charge is 2.67. The Labute approximate surface area is 330 Å². The van der Waals surface area contributed by atoms with Crippen LogP contribution in [-0.4, -0.2) is 121 Å². The number of allylic oxidation sites excluding steroid dienone is 2. The third-order valence-corrected chi connectivity index (χ3v) is 15.5. The molecule has 6 fully saturated rings. The minimum Gasteiger partial charge on any atom is -0.479 e. The van der Waals surface area contributed by atoms with E-state index in [1.165, 1.54) is 31.3 Å². The molecule has 14 nitrogen and oxygen atoms in total. The monoisotopic (exact) mass is 796 g/mol. The lowest BCUT2D eigenvalue weighted by Gasteiger charge is -2.67. The van der Waals surface area contributed by atoms with Crippen LogP contribution in [0.1, 0.15) is 120 Å². The maximum absolute atomic E-state index is 14.5. The Bertz CT molecular complexity index is 1500. The van der Waals surface area contributed by atoms with E-state index >= 15 is 0 Å². The molecule has 14 heteroatoms. The van der Waals surface area contributed by atoms with Gasteiger partial charge in [0.05, 0.1) is 6.10 Å². The van der Waals surface area contributed by atoms with Gasteiger partial charge in [-0.25, -0.2) is 9.59 Å². The van der Waals surface area contributed by atoms with Gasteiger partial charge in [-0.15, -0.1) is 0 Å². The van der Waals surface area contributed by atoms with Gasteiger partial charge < -0.3 is 54.7 Å². The number of aliphatic carboxylic acids is 2. The zero-order valence-electron chi connectivity index (χ0n) is 33.3. The number of carbonyl (C=O) groups is 3. The summed E-state index contributed by atoms with van der Waals surface area (Å²) < 4.78 is 23.4. The Morgan fingerprint density at radius 2 is 1.27 bits per heavy atom. The third-order valence-electron chi connectivity index (χ3n) is 15.5. The number of hydrogen-bond donors (Lipinski definition) is 7. The molecule has 2 heterocycles. The van der Waals surface area contributed by atoms with Gasteiger partial charge in [0.25, 0.3) is 0 Å². The first-order valence-corrected chi connectivity index (χ1v) is 20.5. The average molecular weight is 797 g/mol. The normalized spacial score (nSPS) is 49.5. The first-order chi connectivity index (χ1) is 25.8. The topological polar surface area (TPSA) is 230 Å². The fraction of sp³-hybridized carbons (Fsp3) is 0.881. The lowest BCUT2D eigenvalue weighted by Crippen LogP contribution is -2.67. The van der Waals surface area contributed by atoms with Crippen molar-refractivity contribution in [3.05, 3.63) is 11.6 Å². The molecule has 7 rings (SSSR count). The van der Waals surface area contributed by atoms with Gasteiger partial charge in [-0.05, 0) is 96.9 Å². The minimum absolute atomic E-state index is 0. The maximum Gasteiger partial charge on any atom is 0.335 e. The quantitative estimate of drug-likeness (QED) is 0.190. The van der Waals surface area contributed by atoms with Crippen LogP contribution in [0.25, 0.3) is 0 Å². The van der Waals surface area contributed by atoms with Crippen LogP contribution >= 0.6 is 0 Å². The van der Waals surface area contributed by atoms with Gasteiger partial charge in [-0.1, -0.05) is 74.3 Å². The summed E-state index contributed by atoms with van der Waals surface area (Å²) in [6.45, 7) is 15.1. The Kier molecular flexibility index (Phi) is 13.1. The van der Waals surface area contributed by atoms with Crippen LogP contribution in [0.4, 0.5) is 0 Å². The van der Waals surface area contributed by atoms with E-state index in [4.69, 9.17) is 18.9 Å². The van der Waals surface area contributed by atoms with Gasteiger partial charge >= 0.3 is 11.9 Å². The van der Waals surface area contributed by atoms with E-state index in [1.807, 2.05) is 19.9 Å². The van der Waals surface area contributed by atoms with Gasteiger partial charge in [0.1, 0.15) is 36.6 Å². The molecule has 5 aliphatic carbocycles. The van der Waals surface area contributed by atoms with Crippen LogP contribution in [0.15, 0.2) is 11.6 Å². The molecule has 2 aliphatic heterocycles. The molecule has 7 aliphatic rings. The molecule has 56 heavy (non-hydrogen) atoms. The van der Waals surface area contributed by atoms with Crippen molar-refractivity contribution in [2.75, 3.05) is 0 Å². The van der Waals surface area contributed by atoms with Crippen molar-refractivity contribution in [1.29, 1.82) is 0 Å². The largest absolute Gasteiger partial charge is 0.479 e. The van der Waals surface area contributed by atoms with E-state index in [2.05, 4.69) is 34.6 Å². The lowest BCUT2D eigenvalue weighted by atomic mass is 9.37. The predicted molar refractivity (Wildman–Crippen MR) is 202 cm³/mol. The molecule has 2 saturated heterocycles. The number of hydrogen-bond acceptors (Lipinski definition) is 12. The van der Waals surface area contributed by atoms with Gasteiger partial charge in [-0.2, -0.15) is 0 Å². The molecule has 0 radical (unpaired) electrons. The summed E-state index contributed by atoms with van der Waals surface area (Å²) in [5.41, 5.74) is 0.500. The van der Waals surface area contributed by atoms with Crippen molar-refractivity contribution in [3.63, 3.8) is 0 Å². The van der Waals surface area contributed by atoms with Crippen LogP contribution in [0.2, 0.25) is 0 Å². The van der Waals surface area contributed by atoms with Crippen LogP contribution in [0.5, 0.6) is 0 Å². The number of ketones is 1. The molecule has 320 valence electrons. The fourth-order valence-corrected chi connectivity index (χ4v) is 12.8. The SMILES string of the molecule is C.CC.CC1(C)C2CC[C@@]3(C)C4CC[C@@]5(C)CCCC[C@H]5C4=CC(=O)C3[C@@]2(C)CC[C@@H]1OC1OC(C(=O)O)C(O)C(O)C1OC1OC(C(=O)O)C(O)C(O)C1O. The second kappa shape index (κ2) is 16.2. The molecule has 18 atom stereocenters. The second-order valence-electron chi connectivity index (χ2n) is 18.7. The highest BCUT2D eigenvalue weighted by molar-refractivity contribution is 5.95. The number of fused-ring (bicyclic) bond motifs is 7. The molecular formula is C42H68O14. The zero-order valence-corrected chi connectivity index (χ0v) is 33.3. The predicted octanol–water partition coefficient (Wildman–Crippen LogP) is 3.82. The third kappa shape index (κ3) is 7.10. The highest BCUT2D eigenvalue weighted by Crippen LogP contribution is 2.71. The van der Waals surface area contributed by atoms with Crippen molar-refractivity contribution >= 4 is 17.7 Å². The molecule has 13 unspecified atom stereocenters. The highest BCUT2D eigenvalue weighted by atomic mass is 16.8. The van der Waals surface area contributed by atoms with E-state index in [9.17, 15) is 50.1 Å². The number of carboxylic acids is 2. The standard InChI is InChI=1S/C39H58O14.C2H6.CH4/c1-36(2)21-10-14-38(4)19-9-13-37(3)12-7-6-8-18(37)17(19)16-20(40)31(38)39(21,5)15-11-22(36)50-35-30(26(44)25(43)29(52-35)33(48)49)53-34-27(45)23(41)24(42)28(51-34)32(46)47;1-2;/h16,18-19,21-31,34-35,41-45H,6-15H2,1-5H3,(H,46,47)(H,48,49);1-2H3;1H4/t18-,19?,21?,22-,23?,24?,25?,26?,27?,28?,29?,30?,31?,34?,35?,37+,38-,39-;;/m0../s1. The van der Waals surface area contributed by atoms with E-state index in [-0.39, 0.29) is 41.3 Å². The summed E-state index contributed by atoms with van der Waals surface area (Å²) in [7, 11) is 0. The first-order valence-electron chi connectivity index (χ1n) is 20.5. The van der Waals surface area contributed by atoms with Crippen LogP contribution < -0.4 is 0 Å². The van der Waals surface area contributed by atoms with Crippen molar-refractivity contribution < 1.29 is 69.1 Å². The summed E-state index contributed by atoms with van der Waals surface area (Å²) in [5.74, 6) is -2.34.